The lowest BCUT2D eigenvalue weighted by Crippen LogP contribution is -1.97. The van der Waals surface area contributed by atoms with Crippen molar-refractivity contribution in [3.8, 4) is 0 Å². The van der Waals surface area contributed by atoms with Gasteiger partial charge in [-0.05, 0) is 18.4 Å². The Morgan fingerprint density at radius 3 is 2.50 bits per heavy atom. The molecule has 0 bridgehead atoms. The van der Waals surface area contributed by atoms with Gasteiger partial charge in [-0.25, -0.2) is 9.78 Å². The Balaban J connectivity index is 1.99. The minimum Gasteiger partial charge on any atom is -0.236 e. The van der Waals surface area contributed by atoms with Gasteiger partial charge in [0.1, 0.15) is 6.61 Å². The number of hydrogen-bond acceptors (Lipinski definition) is 2. The van der Waals surface area contributed by atoms with Crippen molar-refractivity contribution in [3.05, 3.63) is 35.9 Å². The summed E-state index contributed by atoms with van der Waals surface area (Å²) in [6.45, 7) is 1.19. The summed E-state index contributed by atoms with van der Waals surface area (Å²) in [4.78, 5) is 10.1. The minimum atomic E-state index is 0.523. The number of unbranched alkanes of at least 4 members (excludes halogenated alkanes) is 1. The molecule has 0 fully saturated rings. The maximum atomic E-state index is 5.05. The average Bonchev–Trinajstić information content (AvgIpc) is 2.25. The Kier molecular flexibility index (Phi) is 6.66. The van der Waals surface area contributed by atoms with Gasteiger partial charge in [0, 0.05) is 5.33 Å². The van der Waals surface area contributed by atoms with E-state index < -0.39 is 0 Å². The lowest BCUT2D eigenvalue weighted by atomic mass is 10.2. The maximum Gasteiger partial charge on any atom is 0.107 e. The van der Waals surface area contributed by atoms with Gasteiger partial charge in [-0.2, -0.15) is 0 Å². The number of alkyl halides is 1. The Morgan fingerprint density at radius 1 is 1.00 bits per heavy atom. The van der Waals surface area contributed by atoms with Crippen LogP contribution in [0.15, 0.2) is 30.3 Å². The van der Waals surface area contributed by atoms with E-state index in [0.29, 0.717) is 13.2 Å². The molecule has 3 heteroatoms. The zero-order valence-corrected chi connectivity index (χ0v) is 9.70. The first-order chi connectivity index (χ1) is 6.93. The Bertz CT molecular complexity index is 226. The van der Waals surface area contributed by atoms with Crippen molar-refractivity contribution in [2.75, 3.05) is 11.9 Å². The van der Waals surface area contributed by atoms with E-state index in [1.165, 1.54) is 0 Å². The topological polar surface area (TPSA) is 18.5 Å². The summed E-state index contributed by atoms with van der Waals surface area (Å²) in [5, 5.41) is 1.02. The molecule has 1 aromatic rings. The third-order valence-corrected chi connectivity index (χ3v) is 2.32. The Labute approximate surface area is 93.3 Å². The van der Waals surface area contributed by atoms with Gasteiger partial charge in [0.25, 0.3) is 0 Å². The highest BCUT2D eigenvalue weighted by molar-refractivity contribution is 9.09. The molecule has 78 valence electrons. The maximum absolute atomic E-state index is 5.05. The van der Waals surface area contributed by atoms with Crippen molar-refractivity contribution in [2.45, 2.75) is 19.4 Å². The molecule has 0 atom stereocenters. The summed E-state index contributed by atoms with van der Waals surface area (Å²) in [7, 11) is 0. The molecule has 0 aliphatic carbocycles. The van der Waals surface area contributed by atoms with E-state index in [2.05, 4.69) is 15.9 Å². The van der Waals surface area contributed by atoms with Crippen LogP contribution in [0.3, 0.4) is 0 Å². The van der Waals surface area contributed by atoms with Gasteiger partial charge < -0.3 is 0 Å². The summed E-state index contributed by atoms with van der Waals surface area (Å²) in [6, 6.07) is 10.00. The second-order valence-corrected chi connectivity index (χ2v) is 3.76. The van der Waals surface area contributed by atoms with E-state index in [9.17, 15) is 0 Å². The fourth-order valence-corrected chi connectivity index (χ4v) is 1.39. The normalized spacial score (nSPS) is 10.4. The van der Waals surface area contributed by atoms with Crippen LogP contribution >= 0.6 is 15.9 Å². The molecule has 0 radical (unpaired) electrons. The first-order valence-electron chi connectivity index (χ1n) is 4.78. The lowest BCUT2D eigenvalue weighted by molar-refractivity contribution is -0.304. The lowest BCUT2D eigenvalue weighted by Gasteiger charge is -2.03. The minimum absolute atomic E-state index is 0.523. The molecular weight excluding hydrogens is 244 g/mol. The molecule has 0 spiro atoms. The van der Waals surface area contributed by atoms with Crippen LogP contribution in [0.5, 0.6) is 0 Å². The molecule has 0 aliphatic heterocycles. The van der Waals surface area contributed by atoms with Crippen LogP contribution in [0, 0.1) is 0 Å². The molecule has 2 nitrogen and oxygen atoms in total. The van der Waals surface area contributed by atoms with Gasteiger partial charge in [0.05, 0.1) is 6.61 Å². The Morgan fingerprint density at radius 2 is 1.79 bits per heavy atom. The fourth-order valence-electron chi connectivity index (χ4n) is 0.998. The molecule has 0 heterocycles. The smallest absolute Gasteiger partial charge is 0.107 e. The van der Waals surface area contributed by atoms with Gasteiger partial charge in [0.2, 0.25) is 0 Å². The molecule has 1 rings (SSSR count). The third-order valence-electron chi connectivity index (χ3n) is 1.76. The molecule has 14 heavy (non-hydrogen) atoms. The highest BCUT2D eigenvalue weighted by atomic mass is 79.9. The molecular formula is C11H15BrO2. The summed E-state index contributed by atoms with van der Waals surface area (Å²) in [6.07, 6.45) is 2.15. The summed E-state index contributed by atoms with van der Waals surface area (Å²) >= 11 is 3.36. The van der Waals surface area contributed by atoms with Gasteiger partial charge in [-0.15, -0.1) is 0 Å². The van der Waals surface area contributed by atoms with Crippen LogP contribution < -0.4 is 0 Å². The number of halogens is 1. The van der Waals surface area contributed by atoms with Crippen LogP contribution in [-0.4, -0.2) is 11.9 Å². The molecule has 0 amide bonds. The Hall–Kier alpha value is -0.380. The first-order valence-corrected chi connectivity index (χ1v) is 5.90. The third kappa shape index (κ3) is 5.37. The highest BCUT2D eigenvalue weighted by Crippen LogP contribution is 2.01. The molecule has 0 aromatic heterocycles. The van der Waals surface area contributed by atoms with Gasteiger partial charge in [-0.3, -0.25) is 0 Å². The summed E-state index contributed by atoms with van der Waals surface area (Å²) in [5.41, 5.74) is 1.13. The van der Waals surface area contributed by atoms with E-state index in [-0.39, 0.29) is 0 Å². The standard InChI is InChI=1S/C11H15BrO2/c12-8-4-5-9-13-14-10-11-6-2-1-3-7-11/h1-3,6-7H,4-5,8-10H2. The number of hydrogen-bond donors (Lipinski definition) is 0. The van der Waals surface area contributed by atoms with Gasteiger partial charge in [0.15, 0.2) is 0 Å². The van der Waals surface area contributed by atoms with Crippen LogP contribution in [-0.2, 0) is 16.4 Å². The van der Waals surface area contributed by atoms with Gasteiger partial charge >= 0.3 is 0 Å². The average molecular weight is 259 g/mol. The van der Waals surface area contributed by atoms with Crippen molar-refractivity contribution in [2.24, 2.45) is 0 Å². The molecule has 0 N–H and O–H groups in total. The second kappa shape index (κ2) is 7.97. The summed E-state index contributed by atoms with van der Waals surface area (Å²) in [5.74, 6) is 0. The van der Waals surface area contributed by atoms with Crippen molar-refractivity contribution >= 4 is 15.9 Å². The van der Waals surface area contributed by atoms with Gasteiger partial charge in [-0.1, -0.05) is 46.3 Å². The predicted molar refractivity (Wildman–Crippen MR) is 60.2 cm³/mol. The zero-order chi connectivity index (χ0) is 10.1. The molecule has 0 unspecified atom stereocenters. The van der Waals surface area contributed by atoms with Crippen molar-refractivity contribution in [3.63, 3.8) is 0 Å². The largest absolute Gasteiger partial charge is 0.236 e. The number of rotatable bonds is 7. The van der Waals surface area contributed by atoms with E-state index in [0.717, 1.165) is 23.7 Å². The number of benzene rings is 1. The second-order valence-electron chi connectivity index (χ2n) is 2.97. The van der Waals surface area contributed by atoms with E-state index >= 15 is 0 Å². The fraction of sp³-hybridized carbons (Fsp3) is 0.455. The SMILES string of the molecule is BrCCCCOOCc1ccccc1. The molecule has 0 aliphatic rings. The molecule has 0 saturated heterocycles. The molecule has 1 aromatic carbocycles. The predicted octanol–water partition coefficient (Wildman–Crippen LogP) is 3.31. The first kappa shape index (κ1) is 11.7. The van der Waals surface area contributed by atoms with E-state index in [1.54, 1.807) is 0 Å². The van der Waals surface area contributed by atoms with Crippen molar-refractivity contribution in [1.29, 1.82) is 0 Å². The summed E-state index contributed by atoms with van der Waals surface area (Å²) < 4.78 is 0. The molecule has 0 saturated carbocycles. The monoisotopic (exact) mass is 258 g/mol. The van der Waals surface area contributed by atoms with Crippen LogP contribution in [0.1, 0.15) is 18.4 Å². The van der Waals surface area contributed by atoms with E-state index in [4.69, 9.17) is 9.78 Å². The quantitative estimate of drug-likeness (QED) is 0.323. The van der Waals surface area contributed by atoms with Crippen LogP contribution in [0.2, 0.25) is 0 Å². The van der Waals surface area contributed by atoms with Crippen molar-refractivity contribution < 1.29 is 9.78 Å². The zero-order valence-electron chi connectivity index (χ0n) is 8.12. The van der Waals surface area contributed by atoms with Crippen LogP contribution in [0.25, 0.3) is 0 Å². The van der Waals surface area contributed by atoms with Crippen LogP contribution in [0.4, 0.5) is 0 Å². The highest BCUT2D eigenvalue weighted by Gasteiger charge is 1.92. The van der Waals surface area contributed by atoms with Crippen molar-refractivity contribution in [1.82, 2.24) is 0 Å². The van der Waals surface area contributed by atoms with E-state index in [1.807, 2.05) is 30.3 Å².